The van der Waals surface area contributed by atoms with Gasteiger partial charge in [0.25, 0.3) is 5.56 Å². The zero-order chi connectivity index (χ0) is 104. The maximum atomic E-state index is 11.5. The summed E-state index contributed by atoms with van der Waals surface area (Å²) in [6.07, 6.45) is 3.77. The molecule has 10 heterocycles. The van der Waals surface area contributed by atoms with Crippen molar-refractivity contribution in [1.29, 1.82) is 0 Å². The molecule has 45 nitrogen and oxygen atoms in total. The summed E-state index contributed by atoms with van der Waals surface area (Å²) in [6.45, 7) is 44.0. The number of urea groups is 2. The van der Waals surface area contributed by atoms with E-state index in [1.807, 2.05) is 165 Å². The molecule has 6 atom stereocenters. The number of benzene rings is 6. The van der Waals surface area contributed by atoms with E-state index in [-0.39, 0.29) is 64.0 Å². The molecule has 144 heavy (non-hydrogen) atoms. The molecule has 46 heteroatoms. The van der Waals surface area contributed by atoms with Gasteiger partial charge in [-0.1, -0.05) is 171 Å². The van der Waals surface area contributed by atoms with E-state index in [1.165, 1.54) is 12.1 Å². The first-order valence-electron chi connectivity index (χ1n) is 46.8. The highest BCUT2D eigenvalue weighted by atomic mass is 35.5. The van der Waals surface area contributed by atoms with Gasteiger partial charge in [-0.15, -0.1) is 0 Å². The van der Waals surface area contributed by atoms with E-state index in [0.717, 1.165) is 118 Å². The van der Waals surface area contributed by atoms with Crippen LogP contribution in [0.5, 0.6) is 0 Å². The number of nitrogens with zero attached hydrogens (tertiary/aromatic N) is 16. The second-order valence-electron chi connectivity index (χ2n) is 38.3. The average molecular weight is 1990 g/mol. The molecule has 6 aliphatic heterocycles. The molecule has 1 saturated heterocycles. The number of para-hydroxylation sites is 1. The third-order valence-corrected chi connectivity index (χ3v) is 21.6. The number of H-pyrrole nitrogens is 2. The summed E-state index contributed by atoms with van der Waals surface area (Å²) in [5, 5.41) is 89.6. The number of carbonyl (C=O) groups excluding carboxylic acids is 3. The zero-order valence-corrected chi connectivity index (χ0v) is 84.0. The number of aliphatic hydroxyl groups is 4. The molecular formula is C98H127ClN36O9. The Balaban J connectivity index is 0.000000161. The van der Waals surface area contributed by atoms with Gasteiger partial charge in [0.15, 0.2) is 6.23 Å². The average Bonchev–Trinajstić information content (AvgIpc) is 1.11. The SMILES string of the molecule is C=Cc1cc(NC2=NC(Nc3ccc4c(c3)NC(O)C4)N=C(C(C)C)N2)ccc1N=C.CC(C)(C)C=NC(=NC(N)=Nc1ccc(Cl)cc1)Nc1ccc2c(c1)NC(O)C2.CC(C)(C)c1nc(NC2=CC(O)NC(=O)N2)nc(NC2CC(=O)NC(=O)N2)n1.CC(C)(C)c1nc(Nc2ccccc2)nc(Nc2cc(=O)[nH]c(=O)[nH]2)n1.CCN(CC)CCCNc1nc(Nc2ccc3c(c2)NC(O)C3)nc(C(C)(C)C)n1. The van der Waals surface area contributed by atoms with Gasteiger partial charge in [0.2, 0.25) is 65.8 Å². The molecule has 10 aromatic rings. The molecule has 0 radical (unpaired) electrons. The van der Waals surface area contributed by atoms with E-state index in [4.69, 9.17) is 22.3 Å². The van der Waals surface area contributed by atoms with Crippen LogP contribution in [0.3, 0.4) is 0 Å². The van der Waals surface area contributed by atoms with Crippen molar-refractivity contribution in [3.63, 3.8) is 0 Å². The van der Waals surface area contributed by atoms with E-state index >= 15 is 0 Å². The molecule has 0 spiro atoms. The smallest absolute Gasteiger partial charge is 0.327 e. The number of aromatic nitrogens is 11. The summed E-state index contributed by atoms with van der Waals surface area (Å²) in [5.74, 6) is 5.59. The summed E-state index contributed by atoms with van der Waals surface area (Å²) in [6, 6.07) is 39.9. The largest absolute Gasteiger partial charge is 0.373 e. The Morgan fingerprint density at radius 2 is 1.08 bits per heavy atom. The Morgan fingerprint density at radius 3 is 1.65 bits per heavy atom. The van der Waals surface area contributed by atoms with Gasteiger partial charge >= 0.3 is 17.8 Å². The number of anilines is 15. The van der Waals surface area contributed by atoms with Crippen LogP contribution < -0.4 is 107 Å². The fraction of sp³-hybridized carbons (Fsp3) is 0.367. The van der Waals surface area contributed by atoms with Crippen molar-refractivity contribution in [3.05, 3.63) is 218 Å². The number of amidine groups is 1. The van der Waals surface area contributed by atoms with E-state index in [9.17, 15) is 44.4 Å². The minimum atomic E-state index is -1.16. The topological polar surface area (TPSA) is 622 Å². The van der Waals surface area contributed by atoms with Crippen molar-refractivity contribution in [2.24, 2.45) is 47.0 Å². The maximum Gasteiger partial charge on any atom is 0.327 e. The van der Waals surface area contributed by atoms with Crippen LogP contribution in [0, 0.1) is 11.3 Å². The second kappa shape index (κ2) is 48.0. The molecule has 16 rings (SSSR count). The van der Waals surface area contributed by atoms with E-state index in [1.54, 1.807) is 36.6 Å². The van der Waals surface area contributed by atoms with E-state index < -0.39 is 72.0 Å². The fourth-order valence-electron chi connectivity index (χ4n) is 14.2. The zero-order valence-electron chi connectivity index (χ0n) is 83.2. The Labute approximate surface area is 838 Å². The van der Waals surface area contributed by atoms with Gasteiger partial charge < -0.3 is 111 Å². The second-order valence-corrected chi connectivity index (χ2v) is 38.7. The number of nitrogens with two attached hydrogens (primary N) is 1. The summed E-state index contributed by atoms with van der Waals surface area (Å²) < 4.78 is 0. The van der Waals surface area contributed by atoms with Crippen LogP contribution in [-0.2, 0) is 40.3 Å². The standard InChI is InChI=1S/C23H27N7O.C22H35N7O.C21H25ClN6O.C17H19N7O2.C15H21N9O4/c1-5-14-10-16(8-9-18(14)24-4)25-22-28-21(13(2)3)29-23(30-22)26-17-7-6-15-11-20(31)27-19(15)12-17;1-6-29(7-2)12-8-11-23-20-26-19(22(3,4)5)27-21(28-20)24-16-10-9-15-13-18(30)25-17(15)14-16;1-21(2,3)12-24-20(28-19(23)25-15-8-5-14(22)6-9-15)26-16-7-4-13-10-18(29)27-17(13)11-16;1-17(2,3)13-22-14(18-10-7-5-4-6-8-10)24-15(23-13)19-11-9-12(25)21-16(26)20-11;1-15(2,3)10-22-11(16-6-4-8(25)20-13(27)18-6)24-12(23-10)17-7-5-9(26)21-14(28)19-7/h5-10,12-13,20,23,26-27,31H,1,4,11H2,2-3H3,(H2,25,28,29,30);9-10,14,18,25,30H,6-8,11-13H2,1-5H3,(H2,23,24,26,27,28);4-9,11-12,18,27,29H,10H2,1-3H3,(H3,23,25,26,28);4-9H,1-3H3,(H4,18,19,20,21,22,23,24,25,26);4,7-8,25H,5H2,1-3H3,(H2,18,20,27)(H2,19,21,26,28)(H2,16,17,22,23,24). The number of guanidine groups is 3. The van der Waals surface area contributed by atoms with Crippen molar-refractivity contribution >= 4 is 171 Å². The van der Waals surface area contributed by atoms with Crippen molar-refractivity contribution in [2.45, 2.75) is 196 Å². The monoisotopic (exact) mass is 1990 g/mol. The van der Waals surface area contributed by atoms with Crippen molar-refractivity contribution in [3.8, 4) is 0 Å². The minimum absolute atomic E-state index is 0.00408. The van der Waals surface area contributed by atoms with Crippen LogP contribution in [0.1, 0.15) is 163 Å². The van der Waals surface area contributed by atoms with Crippen LogP contribution in [0.25, 0.3) is 6.08 Å². The summed E-state index contributed by atoms with van der Waals surface area (Å²) >= 11 is 5.90. The van der Waals surface area contributed by atoms with Gasteiger partial charge in [-0.25, -0.2) is 34.4 Å². The van der Waals surface area contributed by atoms with Gasteiger partial charge in [-0.05, 0) is 146 Å². The first-order valence-corrected chi connectivity index (χ1v) is 47.2. The lowest BCUT2D eigenvalue weighted by Crippen LogP contribution is -2.55. The predicted octanol–water partition coefficient (Wildman–Crippen LogP) is 12.3. The molecule has 5 amide bonds. The molecule has 0 saturated carbocycles. The number of rotatable bonds is 25. The first kappa shape index (κ1) is 107. The molecule has 4 aromatic heterocycles. The molecule has 0 bridgehead atoms. The predicted molar refractivity (Wildman–Crippen MR) is 569 cm³/mol. The van der Waals surface area contributed by atoms with Gasteiger partial charge in [0.05, 0.1) is 17.8 Å². The number of carbonyl (C=O) groups is 3. The van der Waals surface area contributed by atoms with E-state index in [2.05, 4.69) is 237 Å². The number of hydrogen-bond acceptors (Lipinski definition) is 35. The lowest BCUT2D eigenvalue weighted by atomic mass is 9.96. The van der Waals surface area contributed by atoms with Crippen molar-refractivity contribution in [2.75, 3.05) is 90.0 Å². The van der Waals surface area contributed by atoms with Crippen LogP contribution in [0.15, 0.2) is 191 Å². The summed E-state index contributed by atoms with van der Waals surface area (Å²) in [5.41, 5.74) is 16.3. The molecule has 1 fully saturated rings. The fourth-order valence-corrected chi connectivity index (χ4v) is 14.3. The normalized spacial score (nSPS) is 17.3. The lowest BCUT2D eigenvalue weighted by Gasteiger charge is -2.25. The van der Waals surface area contributed by atoms with Crippen LogP contribution in [-0.4, -0.2) is 198 Å². The number of imide groups is 1. The number of fused-ring (bicyclic) bond motifs is 3. The highest BCUT2D eigenvalue weighted by Crippen LogP contribution is 2.35. The highest BCUT2D eigenvalue weighted by molar-refractivity contribution is 6.30. The number of aromatic amines is 2. The van der Waals surface area contributed by atoms with Crippen molar-refractivity contribution in [1.82, 2.24) is 86.3 Å². The molecule has 760 valence electrons. The van der Waals surface area contributed by atoms with Gasteiger partial charge in [-0.3, -0.25) is 35.2 Å². The number of aliphatic hydroxyl groups excluding tert-OH is 4. The van der Waals surface area contributed by atoms with Crippen LogP contribution >= 0.6 is 11.6 Å². The lowest BCUT2D eigenvalue weighted by molar-refractivity contribution is -0.121. The Kier molecular flexibility index (Phi) is 35.6. The third-order valence-electron chi connectivity index (χ3n) is 21.3. The molecule has 6 unspecified atom stereocenters. The van der Waals surface area contributed by atoms with Gasteiger partial charge in [0.1, 0.15) is 59.8 Å². The van der Waals surface area contributed by atoms with Crippen LogP contribution in [0.2, 0.25) is 5.02 Å². The molecule has 0 aliphatic carbocycles. The highest BCUT2D eigenvalue weighted by Gasteiger charge is 2.31. The molecular weight excluding hydrogens is 1860 g/mol. The number of hydrogen-bond donors (Lipinski definition) is 24. The number of aliphatic imine (C=N–C) groups is 6. The number of nitrogens with one attached hydrogen (secondary N) is 19. The Bertz CT molecular complexity index is 6510. The third kappa shape index (κ3) is 32.8. The van der Waals surface area contributed by atoms with E-state index in [0.29, 0.717) is 71.4 Å². The summed E-state index contributed by atoms with van der Waals surface area (Å²) in [7, 11) is 0. The molecule has 6 aliphatic rings. The number of amides is 5. The van der Waals surface area contributed by atoms with Crippen LogP contribution in [0.4, 0.5) is 108 Å². The van der Waals surface area contributed by atoms with Gasteiger partial charge in [0, 0.05) is 122 Å². The Hall–Kier alpha value is -16.0. The molecule has 6 aromatic carbocycles. The maximum absolute atomic E-state index is 11.5. The number of halogens is 1. The minimum Gasteiger partial charge on any atom is -0.373 e. The Morgan fingerprint density at radius 1 is 0.556 bits per heavy atom. The quantitative estimate of drug-likeness (QED) is 0.0144. The summed E-state index contributed by atoms with van der Waals surface area (Å²) in [4.78, 5) is 131. The van der Waals surface area contributed by atoms with Gasteiger partial charge in [-0.2, -0.15) is 49.8 Å². The van der Waals surface area contributed by atoms with Crippen molar-refractivity contribution < 1.29 is 34.8 Å². The first-order chi connectivity index (χ1) is 68.3. The molecule has 25 N–H and O–H groups in total.